The first-order valence-electron chi connectivity index (χ1n) is 7.86. The van der Waals surface area contributed by atoms with Gasteiger partial charge in [0.1, 0.15) is 23.2 Å². The first-order chi connectivity index (χ1) is 10.5. The number of aryl methyl sites for hydroxylation is 1. The number of amides is 2. The van der Waals surface area contributed by atoms with Crippen molar-refractivity contribution in [3.05, 3.63) is 23.7 Å². The Balaban J connectivity index is 2.69. The van der Waals surface area contributed by atoms with Crippen LogP contribution in [0.4, 0.5) is 4.79 Å². The van der Waals surface area contributed by atoms with Crippen LogP contribution in [-0.2, 0) is 9.53 Å². The maximum absolute atomic E-state index is 12.5. The van der Waals surface area contributed by atoms with E-state index in [1.807, 2.05) is 39.8 Å². The lowest BCUT2D eigenvalue weighted by atomic mass is 10.0. The van der Waals surface area contributed by atoms with E-state index in [1.54, 1.807) is 20.8 Å². The van der Waals surface area contributed by atoms with Crippen LogP contribution in [0.25, 0.3) is 0 Å². The van der Waals surface area contributed by atoms with Gasteiger partial charge in [-0.25, -0.2) is 4.79 Å². The second-order valence-electron chi connectivity index (χ2n) is 7.05. The number of rotatable bonds is 5. The Morgan fingerprint density at radius 1 is 1.13 bits per heavy atom. The van der Waals surface area contributed by atoms with Crippen molar-refractivity contribution in [3.8, 4) is 0 Å². The molecule has 0 radical (unpaired) electrons. The Labute approximate surface area is 138 Å². The van der Waals surface area contributed by atoms with Gasteiger partial charge in [-0.05, 0) is 52.7 Å². The highest BCUT2D eigenvalue weighted by Crippen LogP contribution is 2.16. The molecule has 1 heterocycles. The molecule has 0 fully saturated rings. The summed E-state index contributed by atoms with van der Waals surface area (Å²) in [7, 11) is 0. The van der Waals surface area contributed by atoms with E-state index in [1.165, 1.54) is 0 Å². The van der Waals surface area contributed by atoms with Crippen molar-refractivity contribution in [2.24, 2.45) is 5.92 Å². The Morgan fingerprint density at radius 2 is 1.74 bits per heavy atom. The molecule has 2 N–H and O–H groups in total. The Kier molecular flexibility index (Phi) is 6.24. The molecule has 1 aromatic rings. The van der Waals surface area contributed by atoms with E-state index in [0.717, 1.165) is 5.76 Å². The SMILES string of the molecule is Cc1ccc(C(C)NC(=O)C(NC(=O)OC(C)(C)C)C(C)C)o1. The first-order valence-corrected chi connectivity index (χ1v) is 7.86. The summed E-state index contributed by atoms with van der Waals surface area (Å²) >= 11 is 0. The van der Waals surface area contributed by atoms with Gasteiger partial charge in [0.15, 0.2) is 0 Å². The van der Waals surface area contributed by atoms with E-state index in [0.29, 0.717) is 5.76 Å². The number of ether oxygens (including phenoxy) is 1. The van der Waals surface area contributed by atoms with Crippen LogP contribution < -0.4 is 10.6 Å². The zero-order valence-electron chi connectivity index (χ0n) is 15.0. The summed E-state index contributed by atoms with van der Waals surface area (Å²) in [5.74, 6) is 1.12. The largest absolute Gasteiger partial charge is 0.464 e. The molecule has 1 aromatic heterocycles. The number of carbonyl (C=O) groups excluding carboxylic acids is 2. The molecule has 130 valence electrons. The predicted octanol–water partition coefficient (Wildman–Crippen LogP) is 3.31. The molecule has 0 saturated heterocycles. The highest BCUT2D eigenvalue weighted by atomic mass is 16.6. The summed E-state index contributed by atoms with van der Waals surface area (Å²) in [6.45, 7) is 12.7. The third-order valence-corrected chi connectivity index (χ3v) is 3.17. The fourth-order valence-corrected chi connectivity index (χ4v) is 2.03. The number of furan rings is 1. The van der Waals surface area contributed by atoms with Crippen LogP contribution in [0.5, 0.6) is 0 Å². The molecule has 2 unspecified atom stereocenters. The molecule has 2 atom stereocenters. The molecule has 0 bridgehead atoms. The van der Waals surface area contributed by atoms with Crippen molar-refractivity contribution in [1.82, 2.24) is 10.6 Å². The fourth-order valence-electron chi connectivity index (χ4n) is 2.03. The monoisotopic (exact) mass is 324 g/mol. The average Bonchev–Trinajstić information content (AvgIpc) is 2.80. The third-order valence-electron chi connectivity index (χ3n) is 3.17. The number of hydrogen-bond acceptors (Lipinski definition) is 4. The molecule has 0 saturated carbocycles. The molecule has 2 amide bonds. The Morgan fingerprint density at radius 3 is 2.17 bits per heavy atom. The quantitative estimate of drug-likeness (QED) is 0.870. The van der Waals surface area contributed by atoms with Gasteiger partial charge in [-0.15, -0.1) is 0 Å². The minimum atomic E-state index is -0.677. The molecule has 0 aromatic carbocycles. The molecule has 0 aliphatic rings. The summed E-state index contributed by atoms with van der Waals surface area (Å²) in [4.78, 5) is 24.4. The molecular formula is C17H28N2O4. The lowest BCUT2D eigenvalue weighted by molar-refractivity contribution is -0.125. The van der Waals surface area contributed by atoms with Crippen molar-refractivity contribution >= 4 is 12.0 Å². The van der Waals surface area contributed by atoms with E-state index >= 15 is 0 Å². The van der Waals surface area contributed by atoms with Crippen LogP contribution in [0.1, 0.15) is 59.1 Å². The topological polar surface area (TPSA) is 80.6 Å². The van der Waals surface area contributed by atoms with Crippen LogP contribution in [0.3, 0.4) is 0 Å². The predicted molar refractivity (Wildman–Crippen MR) is 88.0 cm³/mol. The maximum atomic E-state index is 12.5. The molecule has 23 heavy (non-hydrogen) atoms. The van der Waals surface area contributed by atoms with E-state index in [2.05, 4.69) is 10.6 Å². The van der Waals surface area contributed by atoms with Gasteiger partial charge < -0.3 is 19.8 Å². The van der Waals surface area contributed by atoms with E-state index in [9.17, 15) is 9.59 Å². The van der Waals surface area contributed by atoms with Crippen LogP contribution in [-0.4, -0.2) is 23.6 Å². The summed E-state index contributed by atoms with van der Waals surface area (Å²) in [5, 5.41) is 5.49. The number of nitrogens with one attached hydrogen (secondary N) is 2. The van der Waals surface area contributed by atoms with Crippen molar-refractivity contribution in [2.75, 3.05) is 0 Å². The summed E-state index contributed by atoms with van der Waals surface area (Å²) < 4.78 is 10.7. The minimum absolute atomic E-state index is 0.0759. The van der Waals surface area contributed by atoms with Crippen LogP contribution in [0, 0.1) is 12.8 Å². The van der Waals surface area contributed by atoms with Gasteiger partial charge in [-0.3, -0.25) is 4.79 Å². The van der Waals surface area contributed by atoms with Gasteiger partial charge in [0.2, 0.25) is 5.91 Å². The van der Waals surface area contributed by atoms with Crippen LogP contribution in [0.2, 0.25) is 0 Å². The van der Waals surface area contributed by atoms with Crippen LogP contribution in [0.15, 0.2) is 16.5 Å². The standard InChI is InChI=1S/C17H28N2O4/c1-10(2)14(19-16(21)23-17(5,6)7)15(20)18-12(4)13-9-8-11(3)22-13/h8-10,12,14H,1-7H3,(H,18,20)(H,19,21). The van der Waals surface area contributed by atoms with Gasteiger partial charge in [0.05, 0.1) is 6.04 Å². The van der Waals surface area contributed by atoms with Crippen molar-refractivity contribution in [1.29, 1.82) is 0 Å². The molecular weight excluding hydrogens is 296 g/mol. The molecule has 6 nitrogen and oxygen atoms in total. The minimum Gasteiger partial charge on any atom is -0.464 e. The number of carbonyl (C=O) groups is 2. The second-order valence-corrected chi connectivity index (χ2v) is 7.05. The van der Waals surface area contributed by atoms with Gasteiger partial charge in [-0.2, -0.15) is 0 Å². The molecule has 0 aliphatic heterocycles. The van der Waals surface area contributed by atoms with Crippen molar-refractivity contribution < 1.29 is 18.7 Å². The summed E-state index contributed by atoms with van der Waals surface area (Å²) in [5.41, 5.74) is -0.610. The second kappa shape index (κ2) is 7.53. The van der Waals surface area contributed by atoms with E-state index in [-0.39, 0.29) is 17.9 Å². The van der Waals surface area contributed by atoms with E-state index < -0.39 is 17.7 Å². The molecule has 0 aliphatic carbocycles. The first kappa shape index (κ1) is 19.1. The van der Waals surface area contributed by atoms with E-state index in [4.69, 9.17) is 9.15 Å². The average molecular weight is 324 g/mol. The molecule has 0 spiro atoms. The number of hydrogen-bond donors (Lipinski definition) is 2. The van der Waals surface area contributed by atoms with Gasteiger partial charge in [0, 0.05) is 0 Å². The fraction of sp³-hybridized carbons (Fsp3) is 0.647. The smallest absolute Gasteiger partial charge is 0.408 e. The summed E-state index contributed by atoms with van der Waals surface area (Å²) in [6.07, 6.45) is -0.604. The molecule has 6 heteroatoms. The highest BCUT2D eigenvalue weighted by Gasteiger charge is 2.28. The molecule has 1 rings (SSSR count). The lowest BCUT2D eigenvalue weighted by Gasteiger charge is -2.26. The maximum Gasteiger partial charge on any atom is 0.408 e. The zero-order chi connectivity index (χ0) is 17.8. The lowest BCUT2D eigenvalue weighted by Crippen LogP contribution is -2.51. The van der Waals surface area contributed by atoms with Crippen molar-refractivity contribution in [3.63, 3.8) is 0 Å². The Hall–Kier alpha value is -1.98. The highest BCUT2D eigenvalue weighted by molar-refractivity contribution is 5.86. The zero-order valence-corrected chi connectivity index (χ0v) is 15.0. The normalized spacial score (nSPS) is 14.3. The Bertz CT molecular complexity index is 543. The van der Waals surface area contributed by atoms with Gasteiger partial charge in [0.25, 0.3) is 0 Å². The van der Waals surface area contributed by atoms with Gasteiger partial charge in [-0.1, -0.05) is 13.8 Å². The van der Waals surface area contributed by atoms with Crippen molar-refractivity contribution in [2.45, 2.75) is 66.2 Å². The number of alkyl carbamates (subject to hydrolysis) is 1. The summed E-state index contributed by atoms with van der Waals surface area (Å²) in [6, 6.07) is 2.71. The third kappa shape index (κ3) is 6.34. The van der Waals surface area contributed by atoms with Crippen LogP contribution >= 0.6 is 0 Å². The van der Waals surface area contributed by atoms with Gasteiger partial charge >= 0.3 is 6.09 Å².